The number of nitrogens with zero attached hydrogens (tertiary/aromatic N) is 5. The third-order valence-corrected chi connectivity index (χ3v) is 6.74. The predicted octanol–water partition coefficient (Wildman–Crippen LogP) is 3.05. The smallest absolute Gasteiger partial charge is 0.267 e. The molecular formula is C24H30N6O2. The number of piperidine rings is 1. The topological polar surface area (TPSA) is 96.2 Å². The highest BCUT2D eigenvalue weighted by molar-refractivity contribution is 5.76. The number of fused-ring (bicyclic) bond motifs is 1. The Labute approximate surface area is 187 Å². The Hall–Kier alpha value is -3.00. The van der Waals surface area contributed by atoms with Crippen LogP contribution in [0.15, 0.2) is 41.2 Å². The first-order valence-corrected chi connectivity index (χ1v) is 11.6. The summed E-state index contributed by atoms with van der Waals surface area (Å²) in [6, 6.07) is 11.3. The van der Waals surface area contributed by atoms with Crippen LogP contribution in [-0.2, 0) is 0 Å². The van der Waals surface area contributed by atoms with E-state index in [4.69, 9.17) is 10.1 Å². The first-order valence-electron chi connectivity index (χ1n) is 11.6. The highest BCUT2D eigenvalue weighted by Gasteiger charge is 2.30. The Kier molecular flexibility index (Phi) is 5.78. The normalized spacial score (nSPS) is 23.6. The summed E-state index contributed by atoms with van der Waals surface area (Å²) in [5, 5.41) is 18.5. The van der Waals surface area contributed by atoms with Gasteiger partial charge in [-0.3, -0.25) is 4.79 Å². The molecule has 3 heterocycles. The molecule has 32 heavy (non-hydrogen) atoms. The van der Waals surface area contributed by atoms with Crippen LogP contribution in [-0.4, -0.2) is 50.1 Å². The molecule has 1 saturated carbocycles. The number of aliphatic hydroxyl groups excluding tert-OH is 1. The minimum absolute atomic E-state index is 0.145. The molecule has 8 nitrogen and oxygen atoms in total. The van der Waals surface area contributed by atoms with Crippen LogP contribution in [0.1, 0.15) is 50.3 Å². The highest BCUT2D eigenvalue weighted by Crippen LogP contribution is 2.29. The molecule has 2 fully saturated rings. The number of aliphatic hydroxyl groups is 1. The van der Waals surface area contributed by atoms with Crippen molar-refractivity contribution in [3.05, 3.63) is 52.4 Å². The maximum atomic E-state index is 12.5. The molecule has 168 valence electrons. The van der Waals surface area contributed by atoms with E-state index in [2.05, 4.69) is 15.2 Å². The van der Waals surface area contributed by atoms with E-state index in [9.17, 15) is 9.90 Å². The van der Waals surface area contributed by atoms with Gasteiger partial charge in [0.25, 0.3) is 5.56 Å². The minimum Gasteiger partial charge on any atom is -0.391 e. The molecule has 2 aliphatic rings. The van der Waals surface area contributed by atoms with E-state index in [1.165, 1.54) is 4.68 Å². The van der Waals surface area contributed by atoms with Gasteiger partial charge in [-0.1, -0.05) is 12.1 Å². The van der Waals surface area contributed by atoms with Crippen molar-refractivity contribution in [1.82, 2.24) is 19.7 Å². The molecule has 3 unspecified atom stereocenters. The lowest BCUT2D eigenvalue weighted by Crippen LogP contribution is -2.45. The molecule has 2 N–H and O–H groups in total. The quantitative estimate of drug-likeness (QED) is 0.637. The molecule has 1 aliphatic heterocycles. The molecular weight excluding hydrogens is 404 g/mol. The van der Waals surface area contributed by atoms with Crippen LogP contribution in [0.4, 0.5) is 11.6 Å². The Morgan fingerprint density at radius 2 is 1.84 bits per heavy atom. The molecule has 1 aliphatic carbocycles. The maximum absolute atomic E-state index is 12.5. The van der Waals surface area contributed by atoms with E-state index in [1.54, 1.807) is 6.07 Å². The molecule has 0 radical (unpaired) electrons. The summed E-state index contributed by atoms with van der Waals surface area (Å²) in [5.41, 5.74) is 2.52. The van der Waals surface area contributed by atoms with Crippen LogP contribution >= 0.6 is 0 Å². The lowest BCUT2D eigenvalue weighted by Gasteiger charge is -2.37. The second kappa shape index (κ2) is 8.86. The van der Waals surface area contributed by atoms with Crippen molar-refractivity contribution in [1.29, 1.82) is 0 Å². The van der Waals surface area contributed by atoms with Crippen LogP contribution in [0, 0.1) is 6.92 Å². The van der Waals surface area contributed by atoms with E-state index in [0.717, 1.165) is 80.0 Å². The standard InChI is InChI=1S/C24H30N6O2/c1-16-24(27-19-9-3-2-8-18(19)26-16)25-15-17-7-4-5-14-29(17)22-12-13-23(32)30(28-22)20-10-6-11-21(20)31/h2-3,8-9,12-13,17,20-21,31H,4-7,10-11,14-15H2,1H3,(H,25,27). The lowest BCUT2D eigenvalue weighted by molar-refractivity contribution is 0.127. The van der Waals surface area contributed by atoms with E-state index in [-0.39, 0.29) is 17.6 Å². The Morgan fingerprint density at radius 3 is 2.62 bits per heavy atom. The van der Waals surface area contributed by atoms with Crippen molar-refractivity contribution in [2.24, 2.45) is 0 Å². The van der Waals surface area contributed by atoms with Gasteiger partial charge in [-0.25, -0.2) is 14.6 Å². The van der Waals surface area contributed by atoms with Crippen LogP contribution in [0.3, 0.4) is 0 Å². The van der Waals surface area contributed by atoms with Gasteiger partial charge in [0.2, 0.25) is 0 Å². The maximum Gasteiger partial charge on any atom is 0.267 e. The van der Waals surface area contributed by atoms with Gasteiger partial charge in [-0.05, 0) is 63.6 Å². The molecule has 1 aromatic carbocycles. The zero-order valence-corrected chi connectivity index (χ0v) is 18.4. The molecule has 8 heteroatoms. The largest absolute Gasteiger partial charge is 0.391 e. The SMILES string of the molecule is Cc1nc2ccccc2nc1NCC1CCCCN1c1ccc(=O)n(C2CCCC2O)n1. The second-order valence-electron chi connectivity index (χ2n) is 8.91. The summed E-state index contributed by atoms with van der Waals surface area (Å²) in [5.74, 6) is 1.61. The van der Waals surface area contributed by atoms with E-state index in [0.29, 0.717) is 0 Å². The van der Waals surface area contributed by atoms with Gasteiger partial charge >= 0.3 is 0 Å². The number of benzene rings is 1. The van der Waals surface area contributed by atoms with E-state index in [1.807, 2.05) is 37.3 Å². The third kappa shape index (κ3) is 4.07. The average Bonchev–Trinajstić information content (AvgIpc) is 3.24. The highest BCUT2D eigenvalue weighted by atomic mass is 16.3. The molecule has 3 atom stereocenters. The van der Waals surface area contributed by atoms with Gasteiger partial charge in [-0.2, -0.15) is 5.10 Å². The fraction of sp³-hybridized carbons (Fsp3) is 0.500. The number of anilines is 2. The number of para-hydroxylation sites is 2. The fourth-order valence-electron chi connectivity index (χ4n) is 5.00. The zero-order chi connectivity index (χ0) is 22.1. The molecule has 0 bridgehead atoms. The second-order valence-corrected chi connectivity index (χ2v) is 8.91. The van der Waals surface area contributed by atoms with Gasteiger partial charge < -0.3 is 15.3 Å². The first-order chi connectivity index (χ1) is 15.6. The summed E-state index contributed by atoms with van der Waals surface area (Å²) >= 11 is 0. The van der Waals surface area contributed by atoms with Gasteiger partial charge in [0.05, 0.1) is 28.9 Å². The van der Waals surface area contributed by atoms with Crippen molar-refractivity contribution >= 4 is 22.7 Å². The summed E-state index contributed by atoms with van der Waals surface area (Å²) in [6.45, 7) is 3.60. The first kappa shape index (κ1) is 20.9. The molecule has 5 rings (SSSR count). The molecule has 0 amide bonds. The van der Waals surface area contributed by atoms with E-state index >= 15 is 0 Å². The van der Waals surface area contributed by atoms with Crippen LogP contribution in [0.2, 0.25) is 0 Å². The Morgan fingerprint density at radius 1 is 1.03 bits per heavy atom. The van der Waals surface area contributed by atoms with E-state index < -0.39 is 6.10 Å². The van der Waals surface area contributed by atoms with Crippen molar-refractivity contribution < 1.29 is 5.11 Å². The average molecular weight is 435 g/mol. The number of hydrogen-bond donors (Lipinski definition) is 2. The minimum atomic E-state index is -0.497. The van der Waals surface area contributed by atoms with Gasteiger partial charge in [0.1, 0.15) is 11.6 Å². The third-order valence-electron chi connectivity index (χ3n) is 6.74. The van der Waals surface area contributed by atoms with Crippen molar-refractivity contribution in [3.8, 4) is 0 Å². The van der Waals surface area contributed by atoms with Crippen LogP contribution in [0.25, 0.3) is 11.0 Å². The van der Waals surface area contributed by atoms with Gasteiger partial charge in [0.15, 0.2) is 0 Å². The van der Waals surface area contributed by atoms with Crippen LogP contribution in [0.5, 0.6) is 0 Å². The molecule has 3 aromatic rings. The Bertz CT molecular complexity index is 1160. The van der Waals surface area contributed by atoms with Crippen molar-refractivity contribution in [2.75, 3.05) is 23.3 Å². The Balaban J connectivity index is 1.37. The van der Waals surface area contributed by atoms with Crippen molar-refractivity contribution in [2.45, 2.75) is 63.6 Å². The number of aryl methyl sites for hydroxylation is 1. The molecule has 0 spiro atoms. The zero-order valence-electron chi connectivity index (χ0n) is 18.4. The number of rotatable bonds is 5. The summed E-state index contributed by atoms with van der Waals surface area (Å²) < 4.78 is 1.51. The number of aromatic nitrogens is 4. The fourth-order valence-corrected chi connectivity index (χ4v) is 5.00. The molecule has 1 saturated heterocycles. The summed E-state index contributed by atoms with van der Waals surface area (Å²) in [4.78, 5) is 24.2. The van der Waals surface area contributed by atoms with Crippen LogP contribution < -0.4 is 15.8 Å². The van der Waals surface area contributed by atoms with Gasteiger partial charge in [0, 0.05) is 25.2 Å². The van der Waals surface area contributed by atoms with Crippen molar-refractivity contribution in [3.63, 3.8) is 0 Å². The summed E-state index contributed by atoms with van der Waals surface area (Å²) in [6.07, 6.45) is 5.24. The lowest BCUT2D eigenvalue weighted by atomic mass is 10.0. The molecule has 2 aromatic heterocycles. The summed E-state index contributed by atoms with van der Waals surface area (Å²) in [7, 11) is 0. The number of nitrogens with one attached hydrogen (secondary N) is 1. The predicted molar refractivity (Wildman–Crippen MR) is 125 cm³/mol. The number of hydrogen-bond acceptors (Lipinski definition) is 7. The van der Waals surface area contributed by atoms with Gasteiger partial charge in [-0.15, -0.1) is 0 Å². The monoisotopic (exact) mass is 434 g/mol.